The predicted molar refractivity (Wildman–Crippen MR) is 156 cm³/mol. The molecule has 6 N–H and O–H groups in total. The number of nitrogens with zero attached hydrogens (tertiary/aromatic N) is 1. The predicted octanol–water partition coefficient (Wildman–Crippen LogP) is 0.780. The SMILES string of the molecule is CCC(CC)C(=O)N[C@@](C)(CC)C(=O)N[C@@H](CC(=O)N1CCCC1)C(=O)N[C@@H](CC(=O)O)C(=O)N[C@@H](CC(C)C)C(=O)O. The molecule has 14 heteroatoms. The van der Waals surface area contributed by atoms with Crippen LogP contribution in [0.1, 0.15) is 92.9 Å². The second-order valence-electron chi connectivity index (χ2n) is 11.7. The fourth-order valence-corrected chi connectivity index (χ4v) is 4.76. The second kappa shape index (κ2) is 17.4. The third kappa shape index (κ3) is 11.8. The smallest absolute Gasteiger partial charge is 0.326 e. The zero-order valence-electron chi connectivity index (χ0n) is 26.2. The average Bonchev–Trinajstić information content (AvgIpc) is 3.47. The fraction of sp³-hybridized carbons (Fsp3) is 0.759. The van der Waals surface area contributed by atoms with Crippen LogP contribution < -0.4 is 21.3 Å². The van der Waals surface area contributed by atoms with Crippen molar-refractivity contribution in [1.29, 1.82) is 0 Å². The van der Waals surface area contributed by atoms with E-state index in [1.54, 1.807) is 25.7 Å². The lowest BCUT2D eigenvalue weighted by molar-refractivity contribution is -0.144. The molecule has 0 bridgehead atoms. The molecule has 1 aliphatic rings. The molecule has 244 valence electrons. The van der Waals surface area contributed by atoms with Gasteiger partial charge in [-0.1, -0.05) is 34.6 Å². The van der Waals surface area contributed by atoms with Gasteiger partial charge in [-0.05, 0) is 51.4 Å². The second-order valence-corrected chi connectivity index (χ2v) is 11.7. The van der Waals surface area contributed by atoms with Crippen LogP contribution in [0.4, 0.5) is 0 Å². The van der Waals surface area contributed by atoms with Gasteiger partial charge in [0.1, 0.15) is 23.7 Å². The minimum Gasteiger partial charge on any atom is -0.481 e. The van der Waals surface area contributed by atoms with Crippen LogP contribution in [-0.4, -0.2) is 93.3 Å². The molecule has 1 saturated heterocycles. The number of aliphatic carboxylic acids is 2. The van der Waals surface area contributed by atoms with Gasteiger partial charge >= 0.3 is 11.9 Å². The normalized spacial score (nSPS) is 16.5. The summed E-state index contributed by atoms with van der Waals surface area (Å²) in [5.41, 5.74) is -1.43. The number of rotatable bonds is 18. The van der Waals surface area contributed by atoms with Crippen molar-refractivity contribution in [3.63, 3.8) is 0 Å². The summed E-state index contributed by atoms with van der Waals surface area (Å²) in [6, 6.07) is -4.52. The van der Waals surface area contributed by atoms with Crippen LogP contribution in [0.25, 0.3) is 0 Å². The van der Waals surface area contributed by atoms with Gasteiger partial charge in [0.15, 0.2) is 0 Å². The summed E-state index contributed by atoms with van der Waals surface area (Å²) in [7, 11) is 0. The first kappa shape index (κ1) is 37.3. The highest BCUT2D eigenvalue weighted by atomic mass is 16.4. The van der Waals surface area contributed by atoms with Gasteiger partial charge in [-0.25, -0.2) is 4.79 Å². The molecule has 1 rings (SSSR count). The maximum atomic E-state index is 13.5. The summed E-state index contributed by atoms with van der Waals surface area (Å²) in [5.74, 6) is -6.70. The Bertz CT molecular complexity index is 1020. The molecule has 0 aliphatic carbocycles. The molecular formula is C29H49N5O9. The molecule has 0 aromatic rings. The van der Waals surface area contributed by atoms with E-state index in [1.807, 2.05) is 13.8 Å². The largest absolute Gasteiger partial charge is 0.481 e. The Hall–Kier alpha value is -3.71. The van der Waals surface area contributed by atoms with E-state index >= 15 is 0 Å². The van der Waals surface area contributed by atoms with Gasteiger partial charge in [0.05, 0.1) is 12.8 Å². The fourth-order valence-electron chi connectivity index (χ4n) is 4.76. The van der Waals surface area contributed by atoms with Crippen LogP contribution in [0.3, 0.4) is 0 Å². The van der Waals surface area contributed by atoms with Gasteiger partial charge in [-0.2, -0.15) is 0 Å². The van der Waals surface area contributed by atoms with Crippen molar-refractivity contribution in [2.24, 2.45) is 11.8 Å². The van der Waals surface area contributed by atoms with Crippen LogP contribution >= 0.6 is 0 Å². The Morgan fingerprint density at radius 2 is 1.28 bits per heavy atom. The van der Waals surface area contributed by atoms with Crippen molar-refractivity contribution in [3.05, 3.63) is 0 Å². The molecular weight excluding hydrogens is 562 g/mol. The van der Waals surface area contributed by atoms with Crippen LogP contribution in [0, 0.1) is 11.8 Å². The molecule has 0 unspecified atom stereocenters. The minimum absolute atomic E-state index is 0.0655. The summed E-state index contributed by atoms with van der Waals surface area (Å²) in [6.07, 6.45) is 1.58. The van der Waals surface area contributed by atoms with E-state index in [-0.39, 0.29) is 30.6 Å². The summed E-state index contributed by atoms with van der Waals surface area (Å²) in [4.78, 5) is 90.5. The highest BCUT2D eigenvalue weighted by molar-refractivity contribution is 5.99. The highest BCUT2D eigenvalue weighted by Crippen LogP contribution is 2.16. The Kier molecular flexibility index (Phi) is 15.1. The van der Waals surface area contributed by atoms with E-state index in [0.29, 0.717) is 25.9 Å². The number of nitrogens with one attached hydrogen (secondary N) is 4. The molecule has 1 heterocycles. The van der Waals surface area contributed by atoms with Crippen molar-refractivity contribution in [1.82, 2.24) is 26.2 Å². The van der Waals surface area contributed by atoms with Gasteiger partial charge in [0, 0.05) is 19.0 Å². The van der Waals surface area contributed by atoms with E-state index in [9.17, 15) is 43.8 Å². The third-order valence-corrected chi connectivity index (χ3v) is 7.76. The van der Waals surface area contributed by atoms with Crippen molar-refractivity contribution >= 4 is 41.5 Å². The molecule has 0 aromatic carbocycles. The van der Waals surface area contributed by atoms with Gasteiger partial charge < -0.3 is 36.4 Å². The first-order valence-electron chi connectivity index (χ1n) is 15.0. The van der Waals surface area contributed by atoms with Gasteiger partial charge in [-0.15, -0.1) is 0 Å². The van der Waals surface area contributed by atoms with Gasteiger partial charge in [-0.3, -0.25) is 28.8 Å². The molecule has 0 spiro atoms. The molecule has 43 heavy (non-hydrogen) atoms. The standard InChI is InChI=1S/C29H49N5O9/c1-7-18(8-2)24(38)33-29(6,9-3)28(43)32-19(15-22(35)34-12-10-11-13-34)25(39)30-20(16-23(36)37)26(40)31-21(27(41)42)14-17(4)5/h17-21H,7-16H2,1-6H3,(H,30,39)(H,31,40)(H,32,43)(H,33,38)(H,36,37)(H,41,42)/t19-,20-,21-,29-/m0/s1. The molecule has 0 aromatic heterocycles. The quantitative estimate of drug-likeness (QED) is 0.129. The number of carboxylic acids is 2. The van der Waals surface area contributed by atoms with E-state index in [2.05, 4.69) is 21.3 Å². The van der Waals surface area contributed by atoms with Gasteiger partial charge in [0.2, 0.25) is 29.5 Å². The molecule has 4 atom stereocenters. The number of hydrogen-bond donors (Lipinski definition) is 6. The first-order valence-corrected chi connectivity index (χ1v) is 15.0. The van der Waals surface area contributed by atoms with E-state index in [0.717, 1.165) is 12.8 Å². The number of likely N-dealkylation sites (tertiary alicyclic amines) is 1. The van der Waals surface area contributed by atoms with E-state index in [4.69, 9.17) is 0 Å². The van der Waals surface area contributed by atoms with Gasteiger partial charge in [0.25, 0.3) is 0 Å². The Labute approximate surface area is 253 Å². The molecule has 5 amide bonds. The molecule has 1 fully saturated rings. The van der Waals surface area contributed by atoms with Crippen LogP contribution in [0.5, 0.6) is 0 Å². The maximum Gasteiger partial charge on any atom is 0.326 e. The summed E-state index contributed by atoms with van der Waals surface area (Å²) >= 11 is 0. The zero-order chi connectivity index (χ0) is 32.9. The number of carbonyl (C=O) groups excluding carboxylic acids is 5. The average molecular weight is 612 g/mol. The highest BCUT2D eigenvalue weighted by Gasteiger charge is 2.39. The van der Waals surface area contributed by atoms with Crippen molar-refractivity contribution in [2.45, 2.75) is 117 Å². The van der Waals surface area contributed by atoms with Crippen LogP contribution in [-0.2, 0) is 33.6 Å². The van der Waals surface area contributed by atoms with Crippen LogP contribution in [0.2, 0.25) is 0 Å². The monoisotopic (exact) mass is 611 g/mol. The molecule has 14 nitrogen and oxygen atoms in total. The molecule has 0 radical (unpaired) electrons. The Morgan fingerprint density at radius 3 is 1.72 bits per heavy atom. The number of carbonyl (C=O) groups is 7. The summed E-state index contributed by atoms with van der Waals surface area (Å²) in [6.45, 7) is 11.4. The Balaban J connectivity index is 3.27. The lowest BCUT2D eigenvalue weighted by Gasteiger charge is -2.32. The summed E-state index contributed by atoms with van der Waals surface area (Å²) < 4.78 is 0. The van der Waals surface area contributed by atoms with Crippen molar-refractivity contribution < 1.29 is 43.8 Å². The van der Waals surface area contributed by atoms with E-state index < -0.39 is 72.1 Å². The minimum atomic E-state index is -1.69. The summed E-state index contributed by atoms with van der Waals surface area (Å²) in [5, 5.41) is 28.8. The van der Waals surface area contributed by atoms with Crippen LogP contribution in [0.15, 0.2) is 0 Å². The zero-order valence-corrected chi connectivity index (χ0v) is 26.2. The molecule has 1 aliphatic heterocycles. The molecule has 0 saturated carbocycles. The van der Waals surface area contributed by atoms with Crippen molar-refractivity contribution in [3.8, 4) is 0 Å². The van der Waals surface area contributed by atoms with Crippen molar-refractivity contribution in [2.75, 3.05) is 13.1 Å². The topological polar surface area (TPSA) is 211 Å². The Morgan fingerprint density at radius 1 is 0.767 bits per heavy atom. The number of carboxylic acid groups (broad SMARTS) is 2. The maximum absolute atomic E-state index is 13.5. The number of amides is 5. The number of hydrogen-bond acceptors (Lipinski definition) is 7. The third-order valence-electron chi connectivity index (χ3n) is 7.76. The lowest BCUT2D eigenvalue weighted by atomic mass is 9.94. The van der Waals surface area contributed by atoms with E-state index in [1.165, 1.54) is 6.92 Å². The first-order chi connectivity index (χ1) is 20.1. The lowest BCUT2D eigenvalue weighted by Crippen LogP contribution is -2.62.